The van der Waals surface area contributed by atoms with Crippen LogP contribution in [0, 0.1) is 19.8 Å². The number of nitrogens with zero attached hydrogens (tertiary/aromatic N) is 2. The molecule has 34 heavy (non-hydrogen) atoms. The third kappa shape index (κ3) is 4.76. The van der Waals surface area contributed by atoms with E-state index in [0.717, 1.165) is 17.1 Å². The molecule has 0 atom stereocenters. The predicted octanol–water partition coefficient (Wildman–Crippen LogP) is 2.96. The summed E-state index contributed by atoms with van der Waals surface area (Å²) in [5.41, 5.74) is 8.14. The van der Waals surface area contributed by atoms with E-state index in [4.69, 9.17) is 0 Å². The molecule has 9 heteroatoms. The van der Waals surface area contributed by atoms with Crippen molar-refractivity contribution < 1.29 is 18.0 Å². The zero-order valence-electron chi connectivity index (χ0n) is 19.2. The van der Waals surface area contributed by atoms with E-state index >= 15 is 0 Å². The molecule has 2 aromatic carbocycles. The summed E-state index contributed by atoms with van der Waals surface area (Å²) in [5.74, 6) is -1.09. The standard InChI is InChI=1S/C25H28N4O4S/c1-18-17-23(19(2)29(18)21-9-5-3-6-10-21)25(31)27-26-24(30)20-13-15-28(16-14-20)34(32,33)22-11-7-4-8-12-22/h3-12,17,20H,13-16H2,1-2H3,(H,26,30)(H,27,31). The van der Waals surface area contributed by atoms with Crippen LogP contribution in [0.3, 0.4) is 0 Å². The normalized spacial score (nSPS) is 15.1. The van der Waals surface area contributed by atoms with Crippen molar-refractivity contribution in [2.24, 2.45) is 5.92 Å². The van der Waals surface area contributed by atoms with Crippen molar-refractivity contribution in [3.05, 3.63) is 83.7 Å². The van der Waals surface area contributed by atoms with Crippen LogP contribution < -0.4 is 10.9 Å². The molecule has 1 aliphatic heterocycles. The summed E-state index contributed by atoms with van der Waals surface area (Å²) in [6, 6.07) is 19.8. The number of amides is 2. The molecular formula is C25H28N4O4S. The number of rotatable bonds is 5. The molecule has 0 unspecified atom stereocenters. The number of aromatic nitrogens is 1. The van der Waals surface area contributed by atoms with Gasteiger partial charge in [-0.2, -0.15) is 4.31 Å². The fraction of sp³-hybridized carbons (Fsp3) is 0.280. The monoisotopic (exact) mass is 480 g/mol. The van der Waals surface area contributed by atoms with Crippen molar-refractivity contribution in [1.82, 2.24) is 19.7 Å². The second kappa shape index (κ2) is 9.82. The first-order chi connectivity index (χ1) is 16.3. The van der Waals surface area contributed by atoms with Gasteiger partial charge in [-0.3, -0.25) is 20.4 Å². The van der Waals surface area contributed by atoms with Gasteiger partial charge in [-0.15, -0.1) is 0 Å². The van der Waals surface area contributed by atoms with Gasteiger partial charge in [0.05, 0.1) is 10.5 Å². The lowest BCUT2D eigenvalue weighted by Crippen LogP contribution is -2.48. The van der Waals surface area contributed by atoms with Crippen molar-refractivity contribution in [3.63, 3.8) is 0 Å². The lowest BCUT2D eigenvalue weighted by Gasteiger charge is -2.30. The van der Waals surface area contributed by atoms with Crippen LogP contribution in [0.5, 0.6) is 0 Å². The van der Waals surface area contributed by atoms with Crippen molar-refractivity contribution in [1.29, 1.82) is 0 Å². The topological polar surface area (TPSA) is 101 Å². The molecule has 0 spiro atoms. The Balaban J connectivity index is 1.34. The number of benzene rings is 2. The number of para-hydroxylation sites is 1. The van der Waals surface area contributed by atoms with Gasteiger partial charge in [0.15, 0.2) is 0 Å². The van der Waals surface area contributed by atoms with Crippen LogP contribution in [0.25, 0.3) is 5.69 Å². The quantitative estimate of drug-likeness (QED) is 0.549. The first-order valence-corrected chi connectivity index (χ1v) is 12.6. The minimum Gasteiger partial charge on any atom is -0.318 e. The van der Waals surface area contributed by atoms with Crippen LogP contribution in [0.2, 0.25) is 0 Å². The summed E-state index contributed by atoms with van der Waals surface area (Å²) < 4.78 is 28.9. The molecule has 2 amide bonds. The van der Waals surface area contributed by atoms with Crippen molar-refractivity contribution in [2.75, 3.05) is 13.1 Å². The Hall–Kier alpha value is -3.43. The predicted molar refractivity (Wildman–Crippen MR) is 129 cm³/mol. The largest absolute Gasteiger partial charge is 0.318 e. The van der Waals surface area contributed by atoms with E-state index < -0.39 is 15.9 Å². The van der Waals surface area contributed by atoms with Crippen LogP contribution in [0.4, 0.5) is 0 Å². The molecule has 0 aliphatic carbocycles. The van der Waals surface area contributed by atoms with Crippen molar-refractivity contribution in [2.45, 2.75) is 31.6 Å². The number of nitrogens with one attached hydrogen (secondary N) is 2. The van der Waals surface area contributed by atoms with E-state index in [2.05, 4.69) is 10.9 Å². The average Bonchev–Trinajstić information content (AvgIpc) is 3.17. The van der Waals surface area contributed by atoms with E-state index in [-0.39, 0.29) is 29.8 Å². The molecule has 2 N–H and O–H groups in total. The van der Waals surface area contributed by atoms with Crippen molar-refractivity contribution >= 4 is 21.8 Å². The van der Waals surface area contributed by atoms with Gasteiger partial charge in [-0.1, -0.05) is 36.4 Å². The number of carbonyl (C=O) groups excluding carboxylic acids is 2. The maximum absolute atomic E-state index is 12.8. The average molecular weight is 481 g/mol. The maximum atomic E-state index is 12.8. The van der Waals surface area contributed by atoms with Gasteiger partial charge in [0, 0.05) is 36.1 Å². The molecule has 0 radical (unpaired) electrons. The summed E-state index contributed by atoms with van der Waals surface area (Å²) >= 11 is 0. The summed E-state index contributed by atoms with van der Waals surface area (Å²) in [6.45, 7) is 4.29. The molecule has 2 heterocycles. The van der Waals surface area contributed by atoms with E-state index in [1.165, 1.54) is 4.31 Å². The van der Waals surface area contributed by atoms with Gasteiger partial charge in [0.25, 0.3) is 5.91 Å². The summed E-state index contributed by atoms with van der Waals surface area (Å²) in [4.78, 5) is 25.7. The molecular weight excluding hydrogens is 452 g/mol. The Morgan fingerprint density at radius 3 is 2.09 bits per heavy atom. The highest BCUT2D eigenvalue weighted by Gasteiger charge is 2.32. The molecule has 4 rings (SSSR count). The lowest BCUT2D eigenvalue weighted by atomic mass is 9.98. The fourth-order valence-electron chi connectivity index (χ4n) is 4.35. The number of hydrogen-bond donors (Lipinski definition) is 2. The van der Waals surface area contributed by atoms with Crippen LogP contribution >= 0.6 is 0 Å². The molecule has 178 valence electrons. The van der Waals surface area contributed by atoms with Gasteiger partial charge in [0.2, 0.25) is 15.9 Å². The number of hydrogen-bond acceptors (Lipinski definition) is 4. The number of carbonyl (C=O) groups is 2. The third-order valence-corrected chi connectivity index (χ3v) is 8.11. The highest BCUT2D eigenvalue weighted by Crippen LogP contribution is 2.24. The Morgan fingerprint density at radius 1 is 0.882 bits per heavy atom. The van der Waals surface area contributed by atoms with Gasteiger partial charge in [-0.05, 0) is 57.0 Å². The highest BCUT2D eigenvalue weighted by atomic mass is 32.2. The third-order valence-electron chi connectivity index (χ3n) is 6.20. The minimum absolute atomic E-state index is 0.248. The van der Waals surface area contributed by atoms with Crippen LogP contribution in [0.1, 0.15) is 34.6 Å². The van der Waals surface area contributed by atoms with E-state index in [1.807, 2.05) is 48.7 Å². The molecule has 0 saturated carbocycles. The Morgan fingerprint density at radius 2 is 1.47 bits per heavy atom. The lowest BCUT2D eigenvalue weighted by molar-refractivity contribution is -0.126. The number of piperidine rings is 1. The van der Waals surface area contributed by atoms with Crippen molar-refractivity contribution in [3.8, 4) is 5.69 Å². The number of aryl methyl sites for hydroxylation is 1. The molecule has 1 aromatic heterocycles. The Labute approximate surface area is 199 Å². The van der Waals surface area contributed by atoms with Crippen LogP contribution in [0.15, 0.2) is 71.6 Å². The van der Waals surface area contributed by atoms with Gasteiger partial charge >= 0.3 is 0 Å². The van der Waals surface area contributed by atoms with Crippen LogP contribution in [-0.4, -0.2) is 42.2 Å². The first kappa shape index (κ1) is 23.7. The van der Waals surface area contributed by atoms with Gasteiger partial charge in [0.1, 0.15) is 0 Å². The maximum Gasteiger partial charge on any atom is 0.271 e. The number of sulfonamides is 1. The fourth-order valence-corrected chi connectivity index (χ4v) is 5.85. The van der Waals surface area contributed by atoms with Gasteiger partial charge < -0.3 is 4.57 Å². The van der Waals surface area contributed by atoms with E-state index in [9.17, 15) is 18.0 Å². The smallest absolute Gasteiger partial charge is 0.271 e. The summed E-state index contributed by atoms with van der Waals surface area (Å²) in [5, 5.41) is 0. The second-order valence-electron chi connectivity index (χ2n) is 8.39. The molecule has 0 bridgehead atoms. The zero-order valence-corrected chi connectivity index (χ0v) is 20.0. The molecule has 8 nitrogen and oxygen atoms in total. The summed E-state index contributed by atoms with van der Waals surface area (Å²) in [7, 11) is -3.57. The zero-order chi connectivity index (χ0) is 24.3. The second-order valence-corrected chi connectivity index (χ2v) is 10.3. The Kier molecular flexibility index (Phi) is 6.85. The van der Waals surface area contributed by atoms with Crippen LogP contribution in [-0.2, 0) is 14.8 Å². The molecule has 1 fully saturated rings. The van der Waals surface area contributed by atoms with Gasteiger partial charge in [-0.25, -0.2) is 8.42 Å². The highest BCUT2D eigenvalue weighted by molar-refractivity contribution is 7.89. The Bertz CT molecular complexity index is 1280. The molecule has 1 saturated heterocycles. The van der Waals surface area contributed by atoms with E-state index in [1.54, 1.807) is 36.4 Å². The first-order valence-electron chi connectivity index (χ1n) is 11.2. The minimum atomic E-state index is -3.57. The SMILES string of the molecule is Cc1cc(C(=O)NNC(=O)C2CCN(S(=O)(=O)c3ccccc3)CC2)c(C)n1-c1ccccc1. The number of hydrazine groups is 1. The van der Waals surface area contributed by atoms with E-state index in [0.29, 0.717) is 18.4 Å². The molecule has 3 aromatic rings. The summed E-state index contributed by atoms with van der Waals surface area (Å²) in [6.07, 6.45) is 0.770. The molecule has 1 aliphatic rings.